The summed E-state index contributed by atoms with van der Waals surface area (Å²) in [5, 5.41) is 0. The van der Waals surface area contributed by atoms with Crippen molar-refractivity contribution < 1.29 is 19.0 Å². The van der Waals surface area contributed by atoms with Gasteiger partial charge in [0.25, 0.3) is 0 Å². The summed E-state index contributed by atoms with van der Waals surface area (Å²) < 4.78 is 15.7. The van der Waals surface area contributed by atoms with E-state index in [0.717, 1.165) is 12.0 Å². The Kier molecular flexibility index (Phi) is 9.57. The third kappa shape index (κ3) is 8.14. The molecule has 0 saturated heterocycles. The van der Waals surface area contributed by atoms with Crippen LogP contribution in [0.2, 0.25) is 0 Å². The minimum Gasteiger partial charge on any atom is -0.463 e. The molecule has 0 aromatic heterocycles. The van der Waals surface area contributed by atoms with E-state index in [-0.39, 0.29) is 18.5 Å². The maximum atomic E-state index is 12.0. The van der Waals surface area contributed by atoms with Gasteiger partial charge in [0.15, 0.2) is 0 Å². The summed E-state index contributed by atoms with van der Waals surface area (Å²) in [7, 11) is 0. The second-order valence-electron chi connectivity index (χ2n) is 6.04. The zero-order valence-corrected chi connectivity index (χ0v) is 14.8. The van der Waals surface area contributed by atoms with E-state index < -0.39 is 0 Å². The van der Waals surface area contributed by atoms with Crippen LogP contribution in [0.4, 0.5) is 0 Å². The fraction of sp³-hybridized carbons (Fsp3) is 0.632. The van der Waals surface area contributed by atoms with E-state index in [0.29, 0.717) is 32.3 Å². The van der Waals surface area contributed by atoms with Gasteiger partial charge in [-0.3, -0.25) is 4.79 Å². The maximum Gasteiger partial charge on any atom is 0.313 e. The molecular weight excluding hydrogens is 292 g/mol. The minimum absolute atomic E-state index is 0.213. The largest absolute Gasteiger partial charge is 0.463 e. The molecule has 1 aromatic rings. The van der Waals surface area contributed by atoms with E-state index in [1.807, 2.05) is 26.0 Å². The number of hydrogen-bond acceptors (Lipinski definition) is 4. The number of carbonyl (C=O) groups excluding carboxylic acids is 1. The fourth-order valence-corrected chi connectivity index (χ4v) is 2.24. The van der Waals surface area contributed by atoms with Gasteiger partial charge in [-0.25, -0.2) is 0 Å². The first kappa shape index (κ1) is 19.7. The van der Waals surface area contributed by atoms with Gasteiger partial charge >= 0.3 is 5.97 Å². The van der Waals surface area contributed by atoms with E-state index in [1.54, 1.807) is 0 Å². The molecule has 1 rings (SSSR count). The number of ether oxygens (including phenoxy) is 3. The van der Waals surface area contributed by atoms with Gasteiger partial charge in [-0.1, -0.05) is 38.1 Å². The normalized spacial score (nSPS) is 12.4. The van der Waals surface area contributed by atoms with Crippen LogP contribution in [0.15, 0.2) is 24.3 Å². The number of esters is 1. The first-order chi connectivity index (χ1) is 11.0. The van der Waals surface area contributed by atoms with Crippen molar-refractivity contribution >= 4 is 5.97 Å². The molecule has 0 saturated carbocycles. The Balaban J connectivity index is 2.30. The molecule has 0 heterocycles. The van der Waals surface area contributed by atoms with E-state index in [2.05, 4.69) is 26.0 Å². The lowest BCUT2D eigenvalue weighted by atomic mass is 9.97. The molecule has 0 spiro atoms. The summed E-state index contributed by atoms with van der Waals surface area (Å²) in [6.07, 6.45) is 1.05. The van der Waals surface area contributed by atoms with Gasteiger partial charge in [0.1, 0.15) is 6.61 Å². The van der Waals surface area contributed by atoms with E-state index in [9.17, 15) is 4.79 Å². The zero-order chi connectivity index (χ0) is 17.1. The molecule has 130 valence electrons. The molecule has 1 aromatic carbocycles. The lowest BCUT2D eigenvalue weighted by Crippen LogP contribution is -2.17. The molecule has 0 amide bonds. The molecule has 1 atom stereocenters. The van der Waals surface area contributed by atoms with Crippen LogP contribution in [0.5, 0.6) is 0 Å². The van der Waals surface area contributed by atoms with Crippen molar-refractivity contribution in [2.45, 2.75) is 40.0 Å². The van der Waals surface area contributed by atoms with Crippen LogP contribution in [-0.4, -0.2) is 39.0 Å². The van der Waals surface area contributed by atoms with Crippen molar-refractivity contribution in [2.75, 3.05) is 33.0 Å². The molecule has 0 fully saturated rings. The predicted octanol–water partition coefficient (Wildman–Crippen LogP) is 3.58. The summed E-state index contributed by atoms with van der Waals surface area (Å²) in [6, 6.07) is 8.22. The third-order valence-corrected chi connectivity index (χ3v) is 3.53. The molecule has 0 radical (unpaired) electrons. The van der Waals surface area contributed by atoms with Crippen LogP contribution >= 0.6 is 0 Å². The number of rotatable bonds is 11. The molecule has 23 heavy (non-hydrogen) atoms. The topological polar surface area (TPSA) is 44.8 Å². The number of hydrogen-bond donors (Lipinski definition) is 0. The number of benzene rings is 1. The highest BCUT2D eigenvalue weighted by Crippen LogP contribution is 2.18. The Labute approximate surface area is 140 Å². The van der Waals surface area contributed by atoms with Crippen molar-refractivity contribution in [1.82, 2.24) is 0 Å². The molecule has 4 heteroatoms. The van der Waals surface area contributed by atoms with Crippen molar-refractivity contribution in [3.63, 3.8) is 0 Å². The van der Waals surface area contributed by atoms with Gasteiger partial charge < -0.3 is 14.2 Å². The Bertz CT molecular complexity index is 439. The molecule has 0 N–H and O–H groups in total. The highest BCUT2D eigenvalue weighted by atomic mass is 16.6. The molecule has 4 nitrogen and oxygen atoms in total. The second-order valence-corrected chi connectivity index (χ2v) is 6.04. The predicted molar refractivity (Wildman–Crippen MR) is 91.7 cm³/mol. The van der Waals surface area contributed by atoms with Crippen molar-refractivity contribution in [3.8, 4) is 0 Å². The van der Waals surface area contributed by atoms with Gasteiger partial charge in [-0.15, -0.1) is 0 Å². The zero-order valence-electron chi connectivity index (χ0n) is 14.8. The van der Waals surface area contributed by atoms with Gasteiger partial charge in [-0.05, 0) is 37.3 Å². The lowest BCUT2D eigenvalue weighted by molar-refractivity contribution is -0.146. The van der Waals surface area contributed by atoms with E-state index >= 15 is 0 Å². The quantitative estimate of drug-likeness (QED) is 0.461. The van der Waals surface area contributed by atoms with Crippen LogP contribution in [0.3, 0.4) is 0 Å². The van der Waals surface area contributed by atoms with Gasteiger partial charge in [0.05, 0.1) is 25.7 Å². The average Bonchev–Trinajstić information content (AvgIpc) is 2.53. The van der Waals surface area contributed by atoms with Crippen molar-refractivity contribution in [2.24, 2.45) is 5.92 Å². The molecular formula is C19H30O4. The Morgan fingerprint density at radius 1 is 0.957 bits per heavy atom. The number of carbonyl (C=O) groups is 1. The third-order valence-electron chi connectivity index (χ3n) is 3.53. The summed E-state index contributed by atoms with van der Waals surface area (Å²) in [4.78, 5) is 12.0. The Morgan fingerprint density at radius 2 is 1.57 bits per heavy atom. The average molecular weight is 322 g/mol. The standard InChI is InChI=1S/C19H30O4/c1-5-21-10-11-22-12-13-23-19(20)16(4)18-8-6-17(7-9-18)14-15(2)3/h6-9,15-16H,5,10-14H2,1-4H3. The SMILES string of the molecule is CCOCCOCCOC(=O)C(C)c1ccc(CC(C)C)cc1. The van der Waals surface area contributed by atoms with Crippen LogP contribution in [0.1, 0.15) is 44.7 Å². The minimum atomic E-state index is -0.258. The van der Waals surface area contributed by atoms with Crippen LogP contribution in [0.25, 0.3) is 0 Å². The summed E-state index contributed by atoms with van der Waals surface area (Å²) >= 11 is 0. The first-order valence-corrected chi connectivity index (χ1v) is 8.45. The first-order valence-electron chi connectivity index (χ1n) is 8.45. The van der Waals surface area contributed by atoms with Gasteiger partial charge in [0.2, 0.25) is 0 Å². The van der Waals surface area contributed by atoms with Crippen LogP contribution in [-0.2, 0) is 25.4 Å². The van der Waals surface area contributed by atoms with Crippen LogP contribution in [0, 0.1) is 5.92 Å². The maximum absolute atomic E-state index is 12.0. The summed E-state index contributed by atoms with van der Waals surface area (Å²) in [5.41, 5.74) is 2.28. The van der Waals surface area contributed by atoms with Crippen molar-refractivity contribution in [1.29, 1.82) is 0 Å². The highest BCUT2D eigenvalue weighted by Gasteiger charge is 2.16. The molecule has 0 bridgehead atoms. The molecule has 0 aliphatic rings. The van der Waals surface area contributed by atoms with E-state index in [1.165, 1.54) is 5.56 Å². The van der Waals surface area contributed by atoms with Crippen LogP contribution < -0.4 is 0 Å². The fourth-order valence-electron chi connectivity index (χ4n) is 2.24. The highest BCUT2D eigenvalue weighted by molar-refractivity contribution is 5.77. The van der Waals surface area contributed by atoms with E-state index in [4.69, 9.17) is 14.2 Å². The van der Waals surface area contributed by atoms with Gasteiger partial charge in [-0.2, -0.15) is 0 Å². The smallest absolute Gasteiger partial charge is 0.313 e. The Morgan fingerprint density at radius 3 is 2.17 bits per heavy atom. The second kappa shape index (κ2) is 11.2. The summed E-state index contributed by atoms with van der Waals surface area (Å²) in [6.45, 7) is 10.7. The molecule has 0 aliphatic heterocycles. The Hall–Kier alpha value is -1.39. The molecule has 0 aliphatic carbocycles. The summed E-state index contributed by atoms with van der Waals surface area (Å²) in [5.74, 6) is 0.160. The monoisotopic (exact) mass is 322 g/mol. The molecule has 1 unspecified atom stereocenters. The van der Waals surface area contributed by atoms with Gasteiger partial charge in [0, 0.05) is 6.61 Å². The lowest BCUT2D eigenvalue weighted by Gasteiger charge is -2.13. The van der Waals surface area contributed by atoms with Crippen molar-refractivity contribution in [3.05, 3.63) is 35.4 Å².